The summed E-state index contributed by atoms with van der Waals surface area (Å²) < 4.78 is 29.2. The largest absolute Gasteiger partial charge is 0.478 e. The molecule has 7 heteroatoms. The molecule has 31 heavy (non-hydrogen) atoms. The highest BCUT2D eigenvalue weighted by atomic mass is 32.2. The number of benzene rings is 3. The zero-order chi connectivity index (χ0) is 22.8. The first-order chi connectivity index (χ1) is 14.6. The van der Waals surface area contributed by atoms with Gasteiger partial charge in [0.1, 0.15) is 0 Å². The van der Waals surface area contributed by atoms with Crippen molar-refractivity contribution >= 4 is 27.4 Å². The van der Waals surface area contributed by atoms with Crippen molar-refractivity contribution in [1.29, 1.82) is 0 Å². The van der Waals surface area contributed by atoms with Crippen LogP contribution in [0.15, 0.2) is 65.6 Å². The van der Waals surface area contributed by atoms with Gasteiger partial charge in [-0.15, -0.1) is 0 Å². The van der Waals surface area contributed by atoms with E-state index in [1.54, 1.807) is 19.9 Å². The van der Waals surface area contributed by atoms with Crippen LogP contribution in [0.5, 0.6) is 0 Å². The quantitative estimate of drug-likeness (QED) is 0.556. The first-order valence-corrected chi connectivity index (χ1v) is 11.3. The molecular formula is C24H26N2O4S. The number of aryl methyl sites for hydroxylation is 3. The number of sulfonamides is 1. The van der Waals surface area contributed by atoms with Gasteiger partial charge in [-0.1, -0.05) is 48.0 Å². The van der Waals surface area contributed by atoms with Crippen LogP contribution in [0, 0.1) is 20.8 Å². The summed E-state index contributed by atoms with van der Waals surface area (Å²) in [5.41, 5.74) is 4.11. The molecule has 0 saturated carbocycles. The molecule has 0 unspecified atom stereocenters. The van der Waals surface area contributed by atoms with E-state index in [1.165, 1.54) is 12.1 Å². The Morgan fingerprint density at radius 1 is 0.968 bits per heavy atom. The number of hydrogen-bond acceptors (Lipinski definition) is 4. The molecule has 0 aliphatic heterocycles. The Balaban J connectivity index is 2.04. The summed E-state index contributed by atoms with van der Waals surface area (Å²) in [6.07, 6.45) is 0. The maximum Gasteiger partial charge on any atom is 0.335 e. The van der Waals surface area contributed by atoms with E-state index in [2.05, 4.69) is 4.72 Å². The Hall–Kier alpha value is -3.32. The van der Waals surface area contributed by atoms with Crippen molar-refractivity contribution in [3.8, 4) is 0 Å². The predicted molar refractivity (Wildman–Crippen MR) is 123 cm³/mol. The Morgan fingerprint density at radius 2 is 1.58 bits per heavy atom. The smallest absolute Gasteiger partial charge is 0.335 e. The van der Waals surface area contributed by atoms with Gasteiger partial charge in [0.15, 0.2) is 0 Å². The van der Waals surface area contributed by atoms with Crippen molar-refractivity contribution < 1.29 is 18.3 Å². The Bertz CT molecular complexity index is 1200. The van der Waals surface area contributed by atoms with Crippen molar-refractivity contribution in [1.82, 2.24) is 0 Å². The average Bonchev–Trinajstić information content (AvgIpc) is 2.67. The molecule has 0 atom stereocenters. The molecule has 2 N–H and O–H groups in total. The second kappa shape index (κ2) is 8.81. The van der Waals surface area contributed by atoms with Crippen molar-refractivity contribution in [3.05, 3.63) is 88.5 Å². The number of anilines is 2. The molecule has 3 aromatic carbocycles. The van der Waals surface area contributed by atoms with Crippen LogP contribution in [0.25, 0.3) is 0 Å². The van der Waals surface area contributed by atoms with Crippen LogP contribution in [0.3, 0.4) is 0 Å². The van der Waals surface area contributed by atoms with Gasteiger partial charge in [0.25, 0.3) is 10.0 Å². The highest BCUT2D eigenvalue weighted by Gasteiger charge is 2.23. The monoisotopic (exact) mass is 438 g/mol. The molecule has 0 amide bonds. The minimum atomic E-state index is -3.93. The van der Waals surface area contributed by atoms with E-state index >= 15 is 0 Å². The fraction of sp³-hybridized carbons (Fsp3) is 0.208. The third-order valence-electron chi connectivity index (χ3n) is 5.04. The Morgan fingerprint density at radius 3 is 2.16 bits per heavy atom. The number of aromatic carboxylic acids is 1. The van der Waals surface area contributed by atoms with Gasteiger partial charge in [-0.3, -0.25) is 4.72 Å². The normalized spacial score (nSPS) is 11.2. The van der Waals surface area contributed by atoms with E-state index in [0.717, 1.165) is 11.1 Å². The summed E-state index contributed by atoms with van der Waals surface area (Å²) in [4.78, 5) is 13.6. The zero-order valence-electron chi connectivity index (χ0n) is 18.0. The summed E-state index contributed by atoms with van der Waals surface area (Å²) in [5.74, 6) is -1.12. The summed E-state index contributed by atoms with van der Waals surface area (Å²) >= 11 is 0. The van der Waals surface area contributed by atoms with E-state index < -0.39 is 16.0 Å². The van der Waals surface area contributed by atoms with Crippen LogP contribution in [0.2, 0.25) is 0 Å². The molecule has 0 saturated heterocycles. The van der Waals surface area contributed by atoms with Crippen LogP contribution < -0.4 is 9.62 Å². The third-order valence-corrected chi connectivity index (χ3v) is 6.71. The number of nitrogens with one attached hydrogen (secondary N) is 1. The fourth-order valence-electron chi connectivity index (χ4n) is 3.81. The highest BCUT2D eigenvalue weighted by molar-refractivity contribution is 7.92. The molecular weight excluding hydrogens is 412 g/mol. The van der Waals surface area contributed by atoms with Gasteiger partial charge in [0.2, 0.25) is 0 Å². The molecule has 0 bridgehead atoms. The molecule has 0 heterocycles. The average molecular weight is 439 g/mol. The molecule has 0 aliphatic rings. The standard InChI is InChI=1S/C24H26N2O4S/c1-16-12-17(2)23(18(3)13-16)31(29,30)25-21-14-20(24(27)28)10-11-22(21)26(4)15-19-8-6-5-7-9-19/h5-14,25H,15H2,1-4H3,(H,27,28). The maximum absolute atomic E-state index is 13.3. The van der Waals surface area contributed by atoms with Gasteiger partial charge < -0.3 is 10.0 Å². The van der Waals surface area contributed by atoms with Gasteiger partial charge >= 0.3 is 5.97 Å². The second-order valence-corrected chi connectivity index (χ2v) is 9.33. The van der Waals surface area contributed by atoms with Crippen molar-refractivity contribution in [2.24, 2.45) is 0 Å². The molecule has 0 spiro atoms. The molecule has 0 aliphatic carbocycles. The topological polar surface area (TPSA) is 86.7 Å². The number of rotatable bonds is 7. The lowest BCUT2D eigenvalue weighted by Gasteiger charge is -2.24. The van der Waals surface area contributed by atoms with Crippen molar-refractivity contribution in [2.75, 3.05) is 16.7 Å². The summed E-state index contributed by atoms with van der Waals surface area (Å²) in [6.45, 7) is 5.96. The van der Waals surface area contributed by atoms with Crippen LogP contribution >= 0.6 is 0 Å². The van der Waals surface area contributed by atoms with Gasteiger partial charge in [-0.25, -0.2) is 13.2 Å². The Kier molecular flexibility index (Phi) is 6.36. The first-order valence-electron chi connectivity index (χ1n) is 9.81. The van der Waals surface area contributed by atoms with Crippen LogP contribution in [-0.4, -0.2) is 26.5 Å². The lowest BCUT2D eigenvalue weighted by Crippen LogP contribution is -2.21. The van der Waals surface area contributed by atoms with Gasteiger partial charge in [0.05, 0.1) is 21.8 Å². The van der Waals surface area contributed by atoms with E-state index in [0.29, 0.717) is 23.4 Å². The van der Waals surface area contributed by atoms with Crippen molar-refractivity contribution in [2.45, 2.75) is 32.2 Å². The fourth-order valence-corrected chi connectivity index (χ4v) is 5.33. The van der Waals surface area contributed by atoms with Gasteiger partial charge in [-0.2, -0.15) is 0 Å². The predicted octanol–water partition coefficient (Wildman–Crippen LogP) is 4.75. The second-order valence-electron chi connectivity index (χ2n) is 7.71. The number of hydrogen-bond donors (Lipinski definition) is 2. The Labute approximate surface area is 183 Å². The lowest BCUT2D eigenvalue weighted by atomic mass is 10.1. The maximum atomic E-state index is 13.3. The SMILES string of the molecule is Cc1cc(C)c(S(=O)(=O)Nc2cc(C(=O)O)ccc2N(C)Cc2ccccc2)c(C)c1. The molecule has 0 fully saturated rings. The summed E-state index contributed by atoms with van der Waals surface area (Å²) in [6, 6.07) is 17.8. The molecule has 3 aromatic rings. The van der Waals surface area contributed by atoms with Crippen LogP contribution in [-0.2, 0) is 16.6 Å². The van der Waals surface area contributed by atoms with E-state index in [9.17, 15) is 18.3 Å². The first kappa shape index (κ1) is 22.4. The van der Waals surface area contributed by atoms with Crippen LogP contribution in [0.1, 0.15) is 32.6 Å². The molecule has 162 valence electrons. The minimum Gasteiger partial charge on any atom is -0.478 e. The summed E-state index contributed by atoms with van der Waals surface area (Å²) in [5, 5.41) is 9.42. The highest BCUT2D eigenvalue weighted by Crippen LogP contribution is 2.31. The molecule has 3 rings (SSSR count). The number of carbonyl (C=O) groups is 1. The van der Waals surface area contributed by atoms with Crippen molar-refractivity contribution in [3.63, 3.8) is 0 Å². The zero-order valence-corrected chi connectivity index (χ0v) is 18.8. The molecule has 6 nitrogen and oxygen atoms in total. The number of carboxylic acid groups (broad SMARTS) is 1. The van der Waals surface area contributed by atoms with Gasteiger partial charge in [-0.05, 0) is 55.7 Å². The third kappa shape index (κ3) is 5.06. The molecule has 0 aromatic heterocycles. The molecule has 0 radical (unpaired) electrons. The van der Waals surface area contributed by atoms with E-state index in [-0.39, 0.29) is 16.1 Å². The number of carboxylic acids is 1. The summed E-state index contributed by atoms with van der Waals surface area (Å²) in [7, 11) is -2.10. The van der Waals surface area contributed by atoms with E-state index in [1.807, 2.05) is 61.3 Å². The van der Waals surface area contributed by atoms with E-state index in [4.69, 9.17) is 0 Å². The number of nitrogens with zero attached hydrogens (tertiary/aromatic N) is 1. The minimum absolute atomic E-state index is 0.00640. The lowest BCUT2D eigenvalue weighted by molar-refractivity contribution is 0.0697. The van der Waals surface area contributed by atoms with Crippen LogP contribution in [0.4, 0.5) is 11.4 Å². The van der Waals surface area contributed by atoms with Gasteiger partial charge in [0, 0.05) is 13.6 Å².